The number of thioether (sulfide) groups is 1. The number of fused-ring (bicyclic) bond motifs is 1. The zero-order valence-electron chi connectivity index (χ0n) is 14.3. The molecule has 1 aliphatic heterocycles. The lowest BCUT2D eigenvalue weighted by atomic mass is 10.2. The number of methoxy groups -OCH3 is 1. The van der Waals surface area contributed by atoms with Crippen molar-refractivity contribution in [3.63, 3.8) is 0 Å². The maximum atomic E-state index is 12.3. The monoisotopic (exact) mass is 377 g/mol. The molecule has 1 aromatic heterocycles. The van der Waals surface area contributed by atoms with Crippen molar-refractivity contribution in [2.75, 3.05) is 18.2 Å². The highest BCUT2D eigenvalue weighted by molar-refractivity contribution is 7.99. The van der Waals surface area contributed by atoms with Crippen LogP contribution in [0.4, 0.5) is 11.4 Å². The zero-order chi connectivity index (χ0) is 18.5. The van der Waals surface area contributed by atoms with Crippen LogP contribution in [0.1, 0.15) is 25.1 Å². The number of aromatic nitrogens is 3. The molecule has 1 N–H and O–H groups in total. The second kappa shape index (κ2) is 8.17. The molecule has 0 spiro atoms. The molecular formula is C16H19N5O4S. The molecule has 0 atom stereocenters. The second-order valence-corrected chi connectivity index (χ2v) is 6.78. The standard InChI is InChI=1S/C16H19N5O4S/c1-25-13-9-11(21(23)24)6-7-12(13)17-15(22)10-26-16-19-18-14-5-3-2-4-8-20(14)16/h6-7,9H,2-5,8,10H2,1H3,(H,17,22). The van der Waals surface area contributed by atoms with E-state index in [0.29, 0.717) is 5.69 Å². The van der Waals surface area contributed by atoms with Crippen molar-refractivity contribution in [3.05, 3.63) is 34.1 Å². The van der Waals surface area contributed by atoms with E-state index in [-0.39, 0.29) is 23.1 Å². The van der Waals surface area contributed by atoms with Crippen molar-refractivity contribution < 1.29 is 14.5 Å². The van der Waals surface area contributed by atoms with Gasteiger partial charge in [0.1, 0.15) is 11.6 Å². The van der Waals surface area contributed by atoms with E-state index in [1.807, 2.05) is 0 Å². The largest absolute Gasteiger partial charge is 0.494 e. The summed E-state index contributed by atoms with van der Waals surface area (Å²) in [6, 6.07) is 4.06. The van der Waals surface area contributed by atoms with E-state index < -0.39 is 4.92 Å². The van der Waals surface area contributed by atoms with Gasteiger partial charge in [0.25, 0.3) is 5.69 Å². The Morgan fingerprint density at radius 3 is 3.00 bits per heavy atom. The lowest BCUT2D eigenvalue weighted by molar-refractivity contribution is -0.384. The predicted molar refractivity (Wildman–Crippen MR) is 96.6 cm³/mol. The Kier molecular flexibility index (Phi) is 5.71. The highest BCUT2D eigenvalue weighted by Gasteiger charge is 2.17. The van der Waals surface area contributed by atoms with Crippen LogP contribution in [0.2, 0.25) is 0 Å². The van der Waals surface area contributed by atoms with Crippen LogP contribution in [0, 0.1) is 10.1 Å². The van der Waals surface area contributed by atoms with Crippen molar-refractivity contribution >= 4 is 29.0 Å². The fourth-order valence-corrected chi connectivity index (χ4v) is 3.56. The van der Waals surface area contributed by atoms with Crippen molar-refractivity contribution in [1.29, 1.82) is 0 Å². The number of hydrogen-bond donors (Lipinski definition) is 1. The van der Waals surface area contributed by atoms with E-state index in [0.717, 1.165) is 36.8 Å². The van der Waals surface area contributed by atoms with Gasteiger partial charge >= 0.3 is 0 Å². The van der Waals surface area contributed by atoms with Gasteiger partial charge in [-0.25, -0.2) is 0 Å². The minimum atomic E-state index is -0.513. The summed E-state index contributed by atoms with van der Waals surface area (Å²) in [5, 5.41) is 22.7. The molecule has 2 heterocycles. The first-order chi connectivity index (χ1) is 12.6. The molecule has 1 aliphatic rings. The van der Waals surface area contributed by atoms with Gasteiger partial charge in [-0.3, -0.25) is 14.9 Å². The number of nitrogens with one attached hydrogen (secondary N) is 1. The maximum absolute atomic E-state index is 12.3. The van der Waals surface area contributed by atoms with Crippen LogP contribution in [0.25, 0.3) is 0 Å². The number of nitrogens with zero attached hydrogens (tertiary/aromatic N) is 4. The summed E-state index contributed by atoms with van der Waals surface area (Å²) < 4.78 is 7.20. The first-order valence-corrected chi connectivity index (χ1v) is 9.24. The Morgan fingerprint density at radius 2 is 2.23 bits per heavy atom. The number of benzene rings is 1. The number of nitro benzene ring substituents is 1. The van der Waals surface area contributed by atoms with Gasteiger partial charge in [0.15, 0.2) is 5.16 Å². The van der Waals surface area contributed by atoms with E-state index in [1.54, 1.807) is 0 Å². The van der Waals surface area contributed by atoms with Gasteiger partial charge in [-0.05, 0) is 18.9 Å². The van der Waals surface area contributed by atoms with E-state index in [2.05, 4.69) is 20.1 Å². The van der Waals surface area contributed by atoms with Crippen molar-refractivity contribution in [1.82, 2.24) is 14.8 Å². The Hall–Kier alpha value is -2.62. The number of amides is 1. The summed E-state index contributed by atoms with van der Waals surface area (Å²) in [6.07, 6.45) is 4.29. The van der Waals surface area contributed by atoms with Crippen LogP contribution < -0.4 is 10.1 Å². The molecule has 0 saturated heterocycles. The second-order valence-electron chi connectivity index (χ2n) is 5.84. The van der Waals surface area contributed by atoms with E-state index in [4.69, 9.17) is 4.74 Å². The van der Waals surface area contributed by atoms with E-state index in [9.17, 15) is 14.9 Å². The number of rotatable bonds is 6. The number of carbonyl (C=O) groups is 1. The molecule has 0 bridgehead atoms. The fraction of sp³-hybridized carbons (Fsp3) is 0.438. The molecule has 0 saturated carbocycles. The number of carbonyl (C=O) groups excluding carboxylic acids is 1. The normalized spacial score (nSPS) is 13.6. The molecule has 0 radical (unpaired) electrons. The average molecular weight is 377 g/mol. The molecule has 3 rings (SSSR count). The molecule has 2 aromatic rings. The van der Waals surface area contributed by atoms with Crippen molar-refractivity contribution in [2.45, 2.75) is 37.4 Å². The zero-order valence-corrected chi connectivity index (χ0v) is 15.1. The molecule has 26 heavy (non-hydrogen) atoms. The first-order valence-electron chi connectivity index (χ1n) is 8.25. The molecule has 9 nitrogen and oxygen atoms in total. The molecule has 1 aromatic carbocycles. The van der Waals surface area contributed by atoms with Crippen LogP contribution >= 0.6 is 11.8 Å². The number of hydrogen-bond acceptors (Lipinski definition) is 7. The molecular weight excluding hydrogens is 358 g/mol. The fourth-order valence-electron chi connectivity index (χ4n) is 2.78. The number of anilines is 1. The smallest absolute Gasteiger partial charge is 0.273 e. The minimum Gasteiger partial charge on any atom is -0.494 e. The number of nitro groups is 1. The van der Waals surface area contributed by atoms with Gasteiger partial charge in [-0.2, -0.15) is 0 Å². The lowest BCUT2D eigenvalue weighted by Gasteiger charge is -2.10. The number of aryl methyl sites for hydroxylation is 1. The van der Waals surface area contributed by atoms with Crippen LogP contribution in [0.3, 0.4) is 0 Å². The van der Waals surface area contributed by atoms with Gasteiger partial charge in [0.2, 0.25) is 5.91 Å². The van der Waals surface area contributed by atoms with Gasteiger partial charge in [-0.1, -0.05) is 18.2 Å². The quantitative estimate of drug-likeness (QED) is 0.468. The molecule has 1 amide bonds. The van der Waals surface area contributed by atoms with Gasteiger partial charge in [0.05, 0.1) is 29.5 Å². The van der Waals surface area contributed by atoms with Gasteiger partial charge in [0, 0.05) is 19.0 Å². The Balaban J connectivity index is 1.63. The first kappa shape index (κ1) is 18.2. The summed E-state index contributed by atoms with van der Waals surface area (Å²) in [4.78, 5) is 22.6. The number of ether oxygens (including phenoxy) is 1. The molecule has 0 fully saturated rings. The van der Waals surface area contributed by atoms with Crippen LogP contribution in [-0.2, 0) is 17.8 Å². The summed E-state index contributed by atoms with van der Waals surface area (Å²) in [5.74, 6) is 1.14. The van der Waals surface area contributed by atoms with E-state index >= 15 is 0 Å². The third-order valence-corrected chi connectivity index (χ3v) is 5.04. The van der Waals surface area contributed by atoms with Crippen LogP contribution in [0.5, 0.6) is 5.75 Å². The number of non-ortho nitro benzene ring substituents is 1. The van der Waals surface area contributed by atoms with E-state index in [1.165, 1.54) is 43.5 Å². The summed E-state index contributed by atoms with van der Waals surface area (Å²) >= 11 is 1.33. The highest BCUT2D eigenvalue weighted by Crippen LogP contribution is 2.29. The SMILES string of the molecule is COc1cc([N+](=O)[O-])ccc1NC(=O)CSc1nnc2n1CCCCC2. The molecule has 0 unspecified atom stereocenters. The molecule has 10 heteroatoms. The third-order valence-electron chi connectivity index (χ3n) is 4.08. The Labute approximate surface area is 154 Å². The summed E-state index contributed by atoms with van der Waals surface area (Å²) in [7, 11) is 1.40. The van der Waals surface area contributed by atoms with Crippen molar-refractivity contribution in [2.24, 2.45) is 0 Å². The van der Waals surface area contributed by atoms with Gasteiger partial charge < -0.3 is 14.6 Å². The topological polar surface area (TPSA) is 112 Å². The summed E-state index contributed by atoms with van der Waals surface area (Å²) in [6.45, 7) is 0.877. The maximum Gasteiger partial charge on any atom is 0.273 e. The summed E-state index contributed by atoms with van der Waals surface area (Å²) in [5.41, 5.74) is 0.296. The van der Waals surface area contributed by atoms with Crippen LogP contribution in [-0.4, -0.2) is 38.5 Å². The molecule has 0 aliphatic carbocycles. The Bertz CT molecular complexity index is 823. The van der Waals surface area contributed by atoms with Crippen LogP contribution in [0.15, 0.2) is 23.4 Å². The highest BCUT2D eigenvalue weighted by atomic mass is 32.2. The average Bonchev–Trinajstić information content (AvgIpc) is 2.86. The molecule has 138 valence electrons. The Morgan fingerprint density at radius 1 is 1.38 bits per heavy atom. The predicted octanol–water partition coefficient (Wildman–Crippen LogP) is 2.65. The van der Waals surface area contributed by atoms with Crippen molar-refractivity contribution in [3.8, 4) is 5.75 Å². The lowest BCUT2D eigenvalue weighted by Crippen LogP contribution is -2.15. The minimum absolute atomic E-state index is 0.0969. The third kappa shape index (κ3) is 4.13. The van der Waals surface area contributed by atoms with Gasteiger partial charge in [-0.15, -0.1) is 10.2 Å².